The van der Waals surface area contributed by atoms with Gasteiger partial charge in [0.05, 0.1) is 39.4 Å². The first kappa shape index (κ1) is 37.9. The van der Waals surface area contributed by atoms with Crippen molar-refractivity contribution < 1.29 is 38.9 Å². The van der Waals surface area contributed by atoms with Gasteiger partial charge >= 0.3 is 11.4 Å². The maximum atomic E-state index is 15.3. The van der Waals surface area contributed by atoms with Gasteiger partial charge in [-0.05, 0) is 49.0 Å². The Bertz CT molecular complexity index is 2460. The number of phenolic OH excluding ortho intramolecular Hbond substituents is 1. The van der Waals surface area contributed by atoms with Crippen LogP contribution in [0.5, 0.6) is 11.5 Å². The predicted molar refractivity (Wildman–Crippen MR) is 212 cm³/mol. The minimum Gasteiger partial charge on any atom is -0.504 e. The molecular formula is C44H38N4O10. The molecule has 14 heteroatoms. The van der Waals surface area contributed by atoms with Crippen LogP contribution in [0.2, 0.25) is 0 Å². The van der Waals surface area contributed by atoms with E-state index in [9.17, 15) is 34.9 Å². The van der Waals surface area contributed by atoms with Crippen molar-refractivity contribution in [1.82, 2.24) is 0 Å². The number of rotatable bonds is 9. The van der Waals surface area contributed by atoms with Crippen LogP contribution in [-0.4, -0.2) is 59.0 Å². The van der Waals surface area contributed by atoms with E-state index in [0.29, 0.717) is 22.3 Å². The van der Waals surface area contributed by atoms with E-state index in [-0.39, 0.29) is 59.5 Å². The smallest absolute Gasteiger partial charge is 0.301 e. The lowest BCUT2D eigenvalue weighted by atomic mass is 9.44. The molecule has 0 unspecified atom stereocenters. The number of aromatic hydroxyl groups is 1. The second kappa shape index (κ2) is 14.2. The third-order valence-corrected chi connectivity index (χ3v) is 12.2. The van der Waals surface area contributed by atoms with Crippen LogP contribution in [0, 0.1) is 43.9 Å². The van der Waals surface area contributed by atoms with Gasteiger partial charge in [-0.15, -0.1) is 0 Å². The normalized spacial score (nSPS) is 24.9. The molecule has 1 saturated heterocycles. The van der Waals surface area contributed by atoms with Gasteiger partial charge in [0.25, 0.3) is 0 Å². The number of para-hydroxylation sites is 1. The maximum Gasteiger partial charge on any atom is 0.301 e. The number of amides is 2. The van der Waals surface area contributed by atoms with Gasteiger partial charge in [-0.25, -0.2) is 4.90 Å². The third kappa shape index (κ3) is 5.53. The molecule has 294 valence electrons. The fraction of sp³-hybridized carbons (Fsp3) is 0.273. The number of carbonyl (C=O) groups excluding carboxylic acids is 4. The van der Waals surface area contributed by atoms with Gasteiger partial charge in [0.1, 0.15) is 0 Å². The van der Waals surface area contributed by atoms with Crippen LogP contribution in [-0.2, 0) is 24.6 Å². The average molecular weight is 783 g/mol. The van der Waals surface area contributed by atoms with E-state index in [1.165, 1.54) is 25.1 Å². The molecule has 0 radical (unpaired) electrons. The Morgan fingerprint density at radius 3 is 2.10 bits per heavy atom. The number of anilines is 2. The Hall–Kier alpha value is -6.96. The summed E-state index contributed by atoms with van der Waals surface area (Å²) in [5.74, 6) is -7.27. The molecule has 0 aromatic heterocycles. The van der Waals surface area contributed by atoms with Gasteiger partial charge in [0.2, 0.25) is 11.8 Å². The second-order valence-electron chi connectivity index (χ2n) is 15.2. The molecule has 8 rings (SSSR count). The molecule has 4 aromatic rings. The van der Waals surface area contributed by atoms with Crippen LogP contribution in [0.25, 0.3) is 5.57 Å². The number of hydrogen-bond acceptors (Lipinski definition) is 11. The Kier molecular flexibility index (Phi) is 9.29. The first-order valence-corrected chi connectivity index (χ1v) is 18.9. The van der Waals surface area contributed by atoms with Gasteiger partial charge in [-0.1, -0.05) is 84.4 Å². The number of allylic oxidation sites excluding steroid dienone is 4. The molecule has 4 aromatic carbocycles. The number of ether oxygens (including phenoxy) is 1. The number of fused-ring (bicyclic) bond motifs is 4. The predicted octanol–water partition coefficient (Wildman–Crippen LogP) is 6.70. The number of imide groups is 1. The van der Waals surface area contributed by atoms with E-state index < -0.39 is 68.0 Å². The van der Waals surface area contributed by atoms with Gasteiger partial charge in [-0.3, -0.25) is 39.4 Å². The lowest BCUT2D eigenvalue weighted by Crippen LogP contribution is -2.58. The SMILES string of the molecule is CCOc1cccc([C@H]2C3=CC[C@@H]4C(=O)N(c5cc([N+](=O)[O-])c(N(C)C)c([N+](=O)[O-])c5)C(=O)[C@@H]4[C@@H]3C[C@H]3C(=O)C(c4ccccc4)=CC(=O)[C@@]23c2ccccc2)c1O. The summed E-state index contributed by atoms with van der Waals surface area (Å²) in [5, 5.41) is 36.5. The van der Waals surface area contributed by atoms with Crippen molar-refractivity contribution in [3.8, 4) is 11.5 Å². The quantitative estimate of drug-likeness (QED) is 0.0823. The van der Waals surface area contributed by atoms with E-state index in [4.69, 9.17) is 4.74 Å². The highest BCUT2D eigenvalue weighted by atomic mass is 16.6. The second-order valence-corrected chi connectivity index (χ2v) is 15.2. The fourth-order valence-corrected chi connectivity index (χ4v) is 9.97. The summed E-state index contributed by atoms with van der Waals surface area (Å²) in [7, 11) is 2.82. The Morgan fingerprint density at radius 1 is 0.862 bits per heavy atom. The van der Waals surface area contributed by atoms with Gasteiger partial charge in [-0.2, -0.15) is 0 Å². The highest BCUT2D eigenvalue weighted by Gasteiger charge is 2.66. The summed E-state index contributed by atoms with van der Waals surface area (Å²) in [4.78, 5) is 84.7. The summed E-state index contributed by atoms with van der Waals surface area (Å²) in [6, 6.07) is 24.6. The van der Waals surface area contributed by atoms with Crippen LogP contribution < -0.4 is 14.5 Å². The summed E-state index contributed by atoms with van der Waals surface area (Å²) in [6.07, 6.45) is 3.18. The van der Waals surface area contributed by atoms with Gasteiger partial charge < -0.3 is 14.7 Å². The largest absolute Gasteiger partial charge is 0.504 e. The Morgan fingerprint density at radius 2 is 1.50 bits per heavy atom. The number of phenols is 1. The van der Waals surface area contributed by atoms with Crippen molar-refractivity contribution in [3.63, 3.8) is 0 Å². The molecule has 0 spiro atoms. The molecule has 6 atom stereocenters. The minimum absolute atomic E-state index is 0.0166. The molecule has 1 heterocycles. The van der Waals surface area contributed by atoms with Crippen LogP contribution in [0.15, 0.2) is 109 Å². The number of carbonyl (C=O) groups is 4. The molecule has 2 fully saturated rings. The summed E-state index contributed by atoms with van der Waals surface area (Å²) < 4.78 is 5.80. The monoisotopic (exact) mass is 782 g/mol. The highest BCUT2D eigenvalue weighted by molar-refractivity contribution is 6.32. The number of benzene rings is 4. The number of nitrogens with zero attached hydrogens (tertiary/aromatic N) is 4. The van der Waals surface area contributed by atoms with Crippen molar-refractivity contribution in [2.45, 2.75) is 31.1 Å². The molecule has 1 saturated carbocycles. The lowest BCUT2D eigenvalue weighted by Gasteiger charge is -2.55. The molecule has 1 N–H and O–H groups in total. The van der Waals surface area contributed by atoms with E-state index in [1.807, 2.05) is 6.08 Å². The van der Waals surface area contributed by atoms with Crippen molar-refractivity contribution in [1.29, 1.82) is 0 Å². The van der Waals surface area contributed by atoms with Crippen molar-refractivity contribution in [2.75, 3.05) is 30.5 Å². The summed E-state index contributed by atoms with van der Waals surface area (Å²) >= 11 is 0. The van der Waals surface area contributed by atoms with Crippen molar-refractivity contribution in [2.24, 2.45) is 23.7 Å². The molecule has 58 heavy (non-hydrogen) atoms. The van der Waals surface area contributed by atoms with Gasteiger partial charge in [0.15, 0.2) is 28.8 Å². The third-order valence-electron chi connectivity index (χ3n) is 12.2. The number of hydrogen-bond donors (Lipinski definition) is 1. The molecular weight excluding hydrogens is 745 g/mol. The van der Waals surface area contributed by atoms with Crippen LogP contribution in [0.1, 0.15) is 42.4 Å². The zero-order chi connectivity index (χ0) is 41.2. The topological polar surface area (TPSA) is 190 Å². The molecule has 4 aliphatic rings. The van der Waals surface area contributed by atoms with Crippen molar-refractivity contribution in [3.05, 3.63) is 146 Å². The number of ketones is 2. The van der Waals surface area contributed by atoms with E-state index in [0.717, 1.165) is 17.0 Å². The summed E-state index contributed by atoms with van der Waals surface area (Å²) in [6.45, 7) is 1.99. The number of nitro groups is 2. The zero-order valence-electron chi connectivity index (χ0n) is 31.7. The molecule has 3 aliphatic carbocycles. The standard InChI is InChI=1S/C44H38N4O10/c1-4-58-35-17-11-16-29(41(35)51)38-27-18-19-28-37(43(53)46(42(28)52)26-20-33(47(54)55)39(45(2)3)34(21-26)48(56)57)31(27)22-32-40(50)30(24-12-7-5-8-13-24)23-36(49)44(32,38)25-14-9-6-10-15-25/h5-18,20-21,23,28,31-32,37-38,51H,4,19,22H2,1-3H3/t28-,31+,32-,37-,38+,44-/m0/s1. The van der Waals surface area contributed by atoms with Crippen LogP contribution >= 0.6 is 0 Å². The first-order chi connectivity index (χ1) is 27.8. The molecule has 1 aliphatic heterocycles. The molecule has 0 bridgehead atoms. The van der Waals surface area contributed by atoms with Crippen LogP contribution in [0.3, 0.4) is 0 Å². The number of nitro benzene ring substituents is 2. The minimum atomic E-state index is -1.61. The van der Waals surface area contributed by atoms with E-state index >= 15 is 9.59 Å². The van der Waals surface area contributed by atoms with E-state index in [1.54, 1.807) is 85.8 Å². The first-order valence-electron chi connectivity index (χ1n) is 18.9. The summed E-state index contributed by atoms with van der Waals surface area (Å²) in [5.41, 5.74) is -1.42. The van der Waals surface area contributed by atoms with Gasteiger partial charge in [0, 0.05) is 49.2 Å². The highest BCUT2D eigenvalue weighted by Crippen LogP contribution is 2.65. The molecule has 2 amide bonds. The van der Waals surface area contributed by atoms with Crippen molar-refractivity contribution >= 4 is 51.7 Å². The zero-order valence-corrected chi connectivity index (χ0v) is 31.7. The Balaban J connectivity index is 1.35. The van der Waals surface area contributed by atoms with Crippen LogP contribution in [0.4, 0.5) is 22.7 Å². The molecule has 14 nitrogen and oxygen atoms in total. The van der Waals surface area contributed by atoms with E-state index in [2.05, 4.69) is 0 Å². The lowest BCUT2D eigenvalue weighted by molar-refractivity contribution is -0.392. The maximum absolute atomic E-state index is 15.3. The fourth-order valence-electron chi connectivity index (χ4n) is 9.97. The average Bonchev–Trinajstić information content (AvgIpc) is 3.48. The Labute approximate surface area is 332 Å². The number of Topliss-reactive ketones (excluding diaryl/α,β-unsaturated/α-hetero) is 1.